The van der Waals surface area contributed by atoms with Crippen LogP contribution in [0.4, 0.5) is 0 Å². The molecule has 1 unspecified atom stereocenters. The Morgan fingerprint density at radius 1 is 1.00 bits per heavy atom. The Morgan fingerprint density at radius 3 is 2.14 bits per heavy atom. The number of unbranched alkanes of at least 4 members (excludes halogenated alkanes) is 1. The number of amides is 1. The molecule has 0 heterocycles. The third-order valence-corrected chi connectivity index (χ3v) is 7.77. The fourth-order valence-corrected chi connectivity index (χ4v) is 5.46. The van der Waals surface area contributed by atoms with Crippen molar-refractivity contribution in [3.05, 3.63) is 0 Å². The third-order valence-electron chi connectivity index (χ3n) is 7.77. The van der Waals surface area contributed by atoms with E-state index in [4.69, 9.17) is 7.85 Å². The van der Waals surface area contributed by atoms with Gasteiger partial charge in [-0.15, -0.1) is 0 Å². The number of nitrogens with one attached hydrogen (secondary N) is 1. The highest BCUT2D eigenvalue weighted by Gasteiger charge is 2.32. The smallest absolute Gasteiger partial charge is 0.223 e. The highest BCUT2D eigenvalue weighted by atomic mass is 16.2. The fourth-order valence-electron chi connectivity index (χ4n) is 5.46. The molecule has 2 saturated carbocycles. The van der Waals surface area contributed by atoms with Gasteiger partial charge in [-0.3, -0.25) is 4.79 Å². The summed E-state index contributed by atoms with van der Waals surface area (Å²) in [5, 5.41) is 3.39. The first-order valence-corrected chi connectivity index (χ1v) is 12.9. The maximum Gasteiger partial charge on any atom is 0.223 e. The van der Waals surface area contributed by atoms with Gasteiger partial charge in [-0.25, -0.2) is 0 Å². The quantitative estimate of drug-likeness (QED) is 0.440. The lowest BCUT2D eigenvalue weighted by Crippen LogP contribution is -2.48. The molecule has 2 aliphatic carbocycles. The summed E-state index contributed by atoms with van der Waals surface area (Å²) in [5.41, 5.74) is -0.0318. The van der Waals surface area contributed by atoms with E-state index < -0.39 is 0 Å². The standard InChI is InChI=1S/C25H46B2NO/c1-4-6-18-24(3,5-2)28-23(29)21-14-12-16-22(17-13-15-21)27-25(26)19-10-8-7-9-11-20-25/h21-22H,4-20H2,1-3H3,(H,28,29). The van der Waals surface area contributed by atoms with Crippen molar-refractivity contribution in [2.45, 2.75) is 146 Å². The van der Waals surface area contributed by atoms with Gasteiger partial charge in [-0.1, -0.05) is 108 Å². The predicted octanol–water partition coefficient (Wildman–Crippen LogP) is 6.95. The maximum absolute atomic E-state index is 13.0. The Labute approximate surface area is 183 Å². The van der Waals surface area contributed by atoms with Crippen LogP contribution in [0.1, 0.15) is 130 Å². The minimum Gasteiger partial charge on any atom is -0.351 e. The van der Waals surface area contributed by atoms with Gasteiger partial charge in [0, 0.05) is 11.5 Å². The zero-order chi connectivity index (χ0) is 21.2. The van der Waals surface area contributed by atoms with Crippen LogP contribution in [-0.2, 0) is 4.79 Å². The van der Waals surface area contributed by atoms with Crippen molar-refractivity contribution in [2.24, 2.45) is 5.92 Å². The van der Waals surface area contributed by atoms with Crippen LogP contribution in [0.15, 0.2) is 0 Å². The number of hydrogen-bond donors (Lipinski definition) is 1. The second-order valence-corrected chi connectivity index (χ2v) is 10.5. The van der Waals surface area contributed by atoms with Crippen LogP contribution < -0.4 is 5.32 Å². The zero-order valence-corrected chi connectivity index (χ0v) is 19.7. The van der Waals surface area contributed by atoms with E-state index in [1.165, 1.54) is 70.6 Å². The first-order valence-electron chi connectivity index (χ1n) is 12.9. The van der Waals surface area contributed by atoms with Gasteiger partial charge in [0.05, 0.1) is 7.85 Å². The van der Waals surface area contributed by atoms with E-state index in [1.807, 2.05) is 0 Å². The molecule has 0 aromatic carbocycles. The summed E-state index contributed by atoms with van der Waals surface area (Å²) in [7, 11) is 9.37. The highest BCUT2D eigenvalue weighted by Crippen LogP contribution is 2.42. The minimum atomic E-state index is -0.0384. The van der Waals surface area contributed by atoms with Crippen LogP contribution in [-0.4, -0.2) is 26.6 Å². The van der Waals surface area contributed by atoms with Crippen molar-refractivity contribution >= 4 is 21.0 Å². The molecule has 0 bridgehead atoms. The van der Waals surface area contributed by atoms with Gasteiger partial charge in [0.25, 0.3) is 0 Å². The number of carbonyl (C=O) groups is 1. The van der Waals surface area contributed by atoms with Crippen LogP contribution in [0.3, 0.4) is 0 Å². The van der Waals surface area contributed by atoms with Crippen molar-refractivity contribution in [1.82, 2.24) is 5.32 Å². The molecule has 1 atom stereocenters. The summed E-state index contributed by atoms with van der Waals surface area (Å²) in [4.78, 5) is 13.0. The predicted molar refractivity (Wildman–Crippen MR) is 128 cm³/mol. The molecule has 2 aliphatic rings. The Bertz CT molecular complexity index is 465. The molecule has 2 rings (SSSR count). The molecule has 1 amide bonds. The summed E-state index contributed by atoms with van der Waals surface area (Å²) in [5.74, 6) is 1.16. The topological polar surface area (TPSA) is 29.1 Å². The number of carbonyl (C=O) groups excluding carboxylic acids is 1. The molecule has 1 N–H and O–H groups in total. The average Bonchev–Trinajstić information content (AvgIpc) is 2.65. The Kier molecular flexibility index (Phi) is 10.7. The molecule has 0 aliphatic heterocycles. The van der Waals surface area contributed by atoms with Gasteiger partial charge in [0.15, 0.2) is 0 Å². The van der Waals surface area contributed by atoms with E-state index in [-0.39, 0.29) is 16.7 Å². The molecule has 0 aromatic heterocycles. The maximum atomic E-state index is 13.0. The monoisotopic (exact) mass is 398 g/mol. The highest BCUT2D eigenvalue weighted by molar-refractivity contribution is 6.55. The molecular formula is C25H46B2NO. The summed E-state index contributed by atoms with van der Waals surface area (Å²) < 4.78 is 0. The Balaban J connectivity index is 1.81. The lowest BCUT2D eigenvalue weighted by molar-refractivity contribution is -0.127. The Hall–Kier alpha value is -0.400. The van der Waals surface area contributed by atoms with Gasteiger partial charge in [-0.05, 0) is 32.6 Å². The van der Waals surface area contributed by atoms with Gasteiger partial charge >= 0.3 is 0 Å². The summed E-state index contributed by atoms with van der Waals surface area (Å²) in [6.07, 6.45) is 20.3. The molecule has 0 saturated heterocycles. The molecule has 2 nitrogen and oxygen atoms in total. The minimum absolute atomic E-state index is 0.0318. The molecule has 4 heteroatoms. The van der Waals surface area contributed by atoms with Gasteiger partial charge in [-0.2, -0.15) is 0 Å². The fraction of sp³-hybridized carbons (Fsp3) is 0.960. The summed E-state index contributed by atoms with van der Waals surface area (Å²) >= 11 is 0. The molecule has 29 heavy (non-hydrogen) atoms. The summed E-state index contributed by atoms with van der Waals surface area (Å²) in [6, 6.07) is 0. The normalized spacial score (nSPS) is 28.1. The second kappa shape index (κ2) is 12.5. The van der Waals surface area contributed by atoms with Crippen molar-refractivity contribution in [2.75, 3.05) is 0 Å². The first-order chi connectivity index (χ1) is 13.9. The number of rotatable bonds is 8. The third kappa shape index (κ3) is 8.70. The second-order valence-electron chi connectivity index (χ2n) is 10.5. The molecule has 0 aromatic rings. The van der Waals surface area contributed by atoms with E-state index in [2.05, 4.69) is 33.4 Å². The van der Waals surface area contributed by atoms with E-state index in [9.17, 15) is 4.79 Å². The number of hydrogen-bond acceptors (Lipinski definition) is 1. The SMILES string of the molecule is [B]C1([B]C2CCCC(C(=O)NC(C)(CC)CCCC)CCC2)CCCCCCC1. The van der Waals surface area contributed by atoms with Crippen LogP contribution in [0.2, 0.25) is 11.0 Å². The van der Waals surface area contributed by atoms with Crippen molar-refractivity contribution in [3.8, 4) is 0 Å². The first kappa shape index (κ1) is 24.9. The van der Waals surface area contributed by atoms with Crippen LogP contribution in [0.5, 0.6) is 0 Å². The van der Waals surface area contributed by atoms with E-state index in [0.717, 1.165) is 38.5 Å². The van der Waals surface area contributed by atoms with E-state index >= 15 is 0 Å². The van der Waals surface area contributed by atoms with Crippen LogP contribution in [0, 0.1) is 5.92 Å². The van der Waals surface area contributed by atoms with Gasteiger partial charge in [0.2, 0.25) is 5.91 Å². The van der Waals surface area contributed by atoms with Crippen molar-refractivity contribution in [1.29, 1.82) is 0 Å². The van der Waals surface area contributed by atoms with Crippen molar-refractivity contribution < 1.29 is 4.79 Å². The zero-order valence-electron chi connectivity index (χ0n) is 19.7. The molecule has 3 radical (unpaired) electrons. The largest absolute Gasteiger partial charge is 0.351 e. The average molecular weight is 398 g/mol. The molecule has 2 fully saturated rings. The van der Waals surface area contributed by atoms with E-state index in [1.54, 1.807) is 0 Å². The molecular weight excluding hydrogens is 352 g/mol. The van der Waals surface area contributed by atoms with E-state index in [0.29, 0.717) is 11.7 Å². The summed E-state index contributed by atoms with van der Waals surface area (Å²) in [6.45, 7) is 6.65. The Morgan fingerprint density at radius 2 is 1.59 bits per heavy atom. The van der Waals surface area contributed by atoms with Crippen LogP contribution in [0.25, 0.3) is 0 Å². The van der Waals surface area contributed by atoms with Gasteiger partial charge < -0.3 is 5.32 Å². The molecule has 163 valence electrons. The van der Waals surface area contributed by atoms with Gasteiger partial charge in [0.1, 0.15) is 7.28 Å². The molecule has 0 spiro atoms. The lowest BCUT2D eigenvalue weighted by atomic mass is 9.34. The van der Waals surface area contributed by atoms with Crippen LogP contribution >= 0.6 is 0 Å². The van der Waals surface area contributed by atoms with Crippen molar-refractivity contribution in [3.63, 3.8) is 0 Å². The lowest BCUT2D eigenvalue weighted by Gasteiger charge is -2.36.